The molecule has 1 saturated heterocycles. The smallest absolute Gasteiger partial charge is 0.416 e. The lowest BCUT2D eigenvalue weighted by Gasteiger charge is -2.35. The van der Waals surface area contributed by atoms with Gasteiger partial charge in [-0.2, -0.15) is 13.2 Å². The Morgan fingerprint density at radius 1 is 1.00 bits per heavy atom. The fraction of sp³-hybridized carbons (Fsp3) is 0.292. The predicted molar refractivity (Wildman–Crippen MR) is 123 cm³/mol. The lowest BCUT2D eigenvalue weighted by atomic mass is 10.1. The number of benzene rings is 2. The van der Waals surface area contributed by atoms with Gasteiger partial charge < -0.3 is 19.9 Å². The van der Waals surface area contributed by atoms with Crippen molar-refractivity contribution in [2.24, 2.45) is 0 Å². The highest BCUT2D eigenvalue weighted by molar-refractivity contribution is 5.91. The fourth-order valence-electron chi connectivity index (χ4n) is 3.76. The van der Waals surface area contributed by atoms with Gasteiger partial charge in [-0.25, -0.2) is 14.8 Å². The Bertz CT molecular complexity index is 1180. The third-order valence-corrected chi connectivity index (χ3v) is 5.53. The van der Waals surface area contributed by atoms with Gasteiger partial charge in [-0.05, 0) is 31.2 Å². The van der Waals surface area contributed by atoms with Gasteiger partial charge >= 0.3 is 12.2 Å². The Hall–Kier alpha value is -3.82. The molecule has 0 unspecified atom stereocenters. The van der Waals surface area contributed by atoms with Crippen LogP contribution in [0.3, 0.4) is 0 Å². The normalized spacial score (nSPS) is 14.1. The van der Waals surface area contributed by atoms with Crippen LogP contribution < -0.4 is 15.0 Å². The Morgan fingerprint density at radius 3 is 2.44 bits per heavy atom. The van der Waals surface area contributed by atoms with E-state index in [4.69, 9.17) is 4.74 Å². The number of hydrogen-bond donors (Lipinski definition) is 1. The maximum absolute atomic E-state index is 13.1. The van der Waals surface area contributed by atoms with E-state index in [9.17, 15) is 18.0 Å². The van der Waals surface area contributed by atoms with Gasteiger partial charge in [0.2, 0.25) is 0 Å². The molecule has 2 heterocycles. The summed E-state index contributed by atoms with van der Waals surface area (Å²) >= 11 is 0. The molecular weight excluding hydrogens is 447 g/mol. The van der Waals surface area contributed by atoms with E-state index in [-0.39, 0.29) is 11.9 Å². The number of urea groups is 1. The summed E-state index contributed by atoms with van der Waals surface area (Å²) in [4.78, 5) is 25.3. The van der Waals surface area contributed by atoms with Crippen LogP contribution in [0.15, 0.2) is 54.6 Å². The van der Waals surface area contributed by atoms with Crippen LogP contribution in [-0.2, 0) is 6.18 Å². The molecule has 2 amide bonds. The number of halogens is 3. The summed E-state index contributed by atoms with van der Waals surface area (Å²) in [6, 6.07) is 13.7. The number of anilines is 2. The van der Waals surface area contributed by atoms with Crippen molar-refractivity contribution in [3.8, 4) is 17.1 Å². The molecule has 1 N–H and O–H groups in total. The molecular formula is C24H24F3N5O2. The quantitative estimate of drug-likeness (QED) is 0.590. The molecule has 1 aromatic heterocycles. The topological polar surface area (TPSA) is 70.6 Å². The van der Waals surface area contributed by atoms with Crippen molar-refractivity contribution >= 4 is 17.5 Å². The van der Waals surface area contributed by atoms with Crippen molar-refractivity contribution in [3.63, 3.8) is 0 Å². The third-order valence-electron chi connectivity index (χ3n) is 5.53. The first-order valence-corrected chi connectivity index (χ1v) is 10.7. The second-order valence-electron chi connectivity index (χ2n) is 7.87. The number of nitrogens with zero attached hydrogens (tertiary/aromatic N) is 4. The number of carbonyl (C=O) groups is 1. The summed E-state index contributed by atoms with van der Waals surface area (Å²) in [6.45, 7) is 3.75. The minimum Gasteiger partial charge on any atom is -0.495 e. The molecule has 178 valence electrons. The standard InChI is InChI=1S/C24H24F3N5O2/c1-16-14-21(30-22(28-16)17-6-5-7-18(15-17)24(25,26)27)31-10-12-32(13-11-31)23(33)29-19-8-3-4-9-20(19)34-2/h3-9,14-15H,10-13H2,1-2H3,(H,29,33). The van der Waals surface area contributed by atoms with Gasteiger partial charge in [0, 0.05) is 43.5 Å². The van der Waals surface area contributed by atoms with Gasteiger partial charge in [0.25, 0.3) is 0 Å². The van der Waals surface area contributed by atoms with E-state index in [0.717, 1.165) is 12.1 Å². The highest BCUT2D eigenvalue weighted by Gasteiger charge is 2.31. The molecule has 0 bridgehead atoms. The highest BCUT2D eigenvalue weighted by atomic mass is 19.4. The Labute approximate surface area is 195 Å². The van der Waals surface area contributed by atoms with Gasteiger partial charge in [0.15, 0.2) is 5.82 Å². The molecule has 10 heteroatoms. The number of nitrogens with one attached hydrogen (secondary N) is 1. The average Bonchev–Trinajstić information content (AvgIpc) is 2.83. The number of carbonyl (C=O) groups excluding carboxylic acids is 1. The molecule has 0 radical (unpaired) electrons. The lowest BCUT2D eigenvalue weighted by Crippen LogP contribution is -2.50. The van der Waals surface area contributed by atoms with E-state index in [0.29, 0.717) is 54.7 Å². The van der Waals surface area contributed by atoms with Gasteiger partial charge in [-0.15, -0.1) is 0 Å². The lowest BCUT2D eigenvalue weighted by molar-refractivity contribution is -0.137. The fourth-order valence-corrected chi connectivity index (χ4v) is 3.76. The molecule has 3 aromatic rings. The minimum atomic E-state index is -4.44. The second-order valence-corrected chi connectivity index (χ2v) is 7.87. The summed E-state index contributed by atoms with van der Waals surface area (Å²) in [5.74, 6) is 1.43. The van der Waals surface area contributed by atoms with Crippen LogP contribution in [0.25, 0.3) is 11.4 Å². The van der Waals surface area contributed by atoms with E-state index in [1.54, 1.807) is 43.2 Å². The van der Waals surface area contributed by atoms with Gasteiger partial charge in [0.1, 0.15) is 11.6 Å². The summed E-state index contributed by atoms with van der Waals surface area (Å²) in [7, 11) is 1.54. The zero-order valence-corrected chi connectivity index (χ0v) is 18.8. The van der Waals surface area contributed by atoms with Gasteiger partial charge in [-0.1, -0.05) is 24.3 Å². The van der Waals surface area contributed by atoms with E-state index >= 15 is 0 Å². The number of piperazine rings is 1. The number of alkyl halides is 3. The number of amides is 2. The van der Waals surface area contributed by atoms with Crippen LogP contribution >= 0.6 is 0 Å². The van der Waals surface area contributed by atoms with E-state index < -0.39 is 11.7 Å². The number of aryl methyl sites for hydroxylation is 1. The predicted octanol–water partition coefficient (Wildman–Crippen LogP) is 4.83. The maximum atomic E-state index is 13.1. The summed E-state index contributed by atoms with van der Waals surface area (Å²) in [6.07, 6.45) is -4.44. The number of rotatable bonds is 4. The summed E-state index contributed by atoms with van der Waals surface area (Å²) in [5.41, 5.74) is 0.796. The Balaban J connectivity index is 1.46. The van der Waals surface area contributed by atoms with Crippen LogP contribution in [0.2, 0.25) is 0 Å². The largest absolute Gasteiger partial charge is 0.495 e. The number of hydrogen-bond acceptors (Lipinski definition) is 5. The van der Waals surface area contributed by atoms with Crippen LogP contribution in [0.5, 0.6) is 5.75 Å². The zero-order valence-electron chi connectivity index (χ0n) is 18.8. The molecule has 1 aliphatic heterocycles. The van der Waals surface area contributed by atoms with Crippen molar-refractivity contribution in [2.75, 3.05) is 43.5 Å². The first kappa shape index (κ1) is 23.3. The molecule has 0 saturated carbocycles. The molecule has 0 aliphatic carbocycles. The summed E-state index contributed by atoms with van der Waals surface area (Å²) in [5, 5.41) is 2.87. The number of para-hydroxylation sites is 2. The van der Waals surface area contributed by atoms with Crippen molar-refractivity contribution in [1.82, 2.24) is 14.9 Å². The van der Waals surface area contributed by atoms with Crippen molar-refractivity contribution in [3.05, 3.63) is 65.9 Å². The monoisotopic (exact) mass is 471 g/mol. The first-order chi connectivity index (χ1) is 16.2. The van der Waals surface area contributed by atoms with Gasteiger partial charge in [-0.3, -0.25) is 0 Å². The van der Waals surface area contributed by atoms with Crippen molar-refractivity contribution in [2.45, 2.75) is 13.1 Å². The SMILES string of the molecule is COc1ccccc1NC(=O)N1CCN(c2cc(C)nc(-c3cccc(C(F)(F)F)c3)n2)CC1. The van der Waals surface area contributed by atoms with Gasteiger partial charge in [0.05, 0.1) is 18.4 Å². The third kappa shape index (κ3) is 5.22. The van der Waals surface area contributed by atoms with E-state index in [1.807, 2.05) is 17.0 Å². The highest BCUT2D eigenvalue weighted by Crippen LogP contribution is 2.32. The van der Waals surface area contributed by atoms with Crippen molar-refractivity contribution < 1.29 is 22.7 Å². The molecule has 4 rings (SSSR count). The molecule has 7 nitrogen and oxygen atoms in total. The Kier molecular flexibility index (Phi) is 6.58. The molecule has 0 spiro atoms. The molecule has 1 fully saturated rings. The van der Waals surface area contributed by atoms with Crippen molar-refractivity contribution in [1.29, 1.82) is 0 Å². The van der Waals surface area contributed by atoms with Crippen LogP contribution in [0, 0.1) is 6.92 Å². The van der Waals surface area contributed by atoms with Crippen LogP contribution in [0.4, 0.5) is 29.5 Å². The Morgan fingerprint density at radius 2 is 1.74 bits per heavy atom. The number of methoxy groups -OCH3 is 1. The minimum absolute atomic E-state index is 0.229. The van der Waals surface area contributed by atoms with Crippen LogP contribution in [-0.4, -0.2) is 54.2 Å². The zero-order chi connectivity index (χ0) is 24.3. The average molecular weight is 471 g/mol. The molecule has 1 aliphatic rings. The van der Waals surface area contributed by atoms with E-state index in [2.05, 4.69) is 15.3 Å². The first-order valence-electron chi connectivity index (χ1n) is 10.7. The molecule has 2 aromatic carbocycles. The second kappa shape index (κ2) is 9.58. The molecule has 34 heavy (non-hydrogen) atoms. The number of ether oxygens (including phenoxy) is 1. The van der Waals surface area contributed by atoms with E-state index in [1.165, 1.54) is 6.07 Å². The summed E-state index contributed by atoms with van der Waals surface area (Å²) < 4.78 is 44.6. The van der Waals surface area contributed by atoms with Crippen LogP contribution in [0.1, 0.15) is 11.3 Å². The molecule has 0 atom stereocenters. The maximum Gasteiger partial charge on any atom is 0.416 e. The number of aromatic nitrogens is 2.